The summed E-state index contributed by atoms with van der Waals surface area (Å²) in [5.41, 5.74) is 0. The highest BCUT2D eigenvalue weighted by Gasteiger charge is 2.26. The number of carbonyl (C=O) groups excluding carboxylic acids is 4. The predicted octanol–water partition coefficient (Wildman–Crippen LogP) is 14.1. The molecule has 0 aliphatic heterocycles. The van der Waals surface area contributed by atoms with Gasteiger partial charge in [0.25, 0.3) is 0 Å². The summed E-state index contributed by atoms with van der Waals surface area (Å²) in [5, 5.41) is 24.5. The zero-order chi connectivity index (χ0) is 79.0. The number of phosphoric acid groups is 4. The van der Waals surface area contributed by atoms with Crippen LogP contribution in [0.1, 0.15) is 258 Å². The minimum Gasteiger partial charge on any atom is -0.396 e. The molecule has 0 aliphatic rings. The third-order valence-corrected chi connectivity index (χ3v) is 18.7. The third-order valence-electron chi connectivity index (χ3n) is 13.9. The number of rotatable bonds is 67. The van der Waals surface area contributed by atoms with E-state index >= 15 is 0 Å². The van der Waals surface area contributed by atoms with Gasteiger partial charge in [-0.3, -0.25) is 55.4 Å². The van der Waals surface area contributed by atoms with Crippen molar-refractivity contribution in [3.63, 3.8) is 0 Å². The molecule has 0 fully saturated rings. The molecule has 0 aromatic heterocycles. The average Bonchev–Trinajstić information content (AvgIpc) is 0.964. The molecule has 33 heteroatoms. The summed E-state index contributed by atoms with van der Waals surface area (Å²) in [6.45, 7) is 34.4. The van der Waals surface area contributed by atoms with Crippen LogP contribution in [-0.4, -0.2) is 196 Å². The lowest BCUT2D eigenvalue weighted by Crippen LogP contribution is -2.24. The Morgan fingerprint density at radius 3 is 0.874 bits per heavy atom. The van der Waals surface area contributed by atoms with Crippen molar-refractivity contribution in [1.29, 1.82) is 0 Å². The summed E-state index contributed by atoms with van der Waals surface area (Å²) in [6, 6.07) is 0. The molecule has 0 saturated carbocycles. The van der Waals surface area contributed by atoms with Gasteiger partial charge in [0.2, 0.25) is 11.8 Å². The van der Waals surface area contributed by atoms with E-state index < -0.39 is 43.5 Å². The van der Waals surface area contributed by atoms with E-state index in [9.17, 15) is 67.2 Å². The number of aliphatic hydroxyl groups excluding tert-OH is 2. The standard InChI is InChI=1S/C19H38NO6P.C19H37NO2.C16H36O11P2.C16H35O8P/c1-16(2)18(21)12-8-9-13-19(22)20-14-10-6-5-7-11-15-25-27(23,24)26-17(3)4;1-16(2)12-8-6-5-7-11-15-20-19(22)14-10-9-13-18(21)17(3)4;1-14(2)26-28(18,19)24-9-5-7-22-12-16(11-17)13-23-8-6-10-25-29(20,21)27-15(3)4;1-14(2)22-9-5-7-20-12-16(11-17)13-21-8-6-10-23-25(18,19)24-15(3)4/h16-17H,5-15H2,1-4H3,(H,20,22)(H,23,24);16-17H,5-15H2,1-4H3,(H,20,22);14-17H,5-13H2,1-4H3,(H,18,19)(H,20,21);14-17H,5-13H2,1-4H3,(H,18,19). The molecule has 5 atom stereocenters. The summed E-state index contributed by atoms with van der Waals surface area (Å²) in [7, 11) is -16.0. The molecule has 103 heavy (non-hydrogen) atoms. The van der Waals surface area contributed by atoms with Gasteiger partial charge in [0, 0.05) is 95.5 Å². The number of nitrogens with one attached hydrogen (secondary N) is 2. The fourth-order valence-electron chi connectivity index (χ4n) is 8.52. The Kier molecular flexibility index (Phi) is 72.9. The van der Waals surface area contributed by atoms with E-state index in [4.69, 9.17) is 59.9 Å². The number of hydrogen-bond acceptors (Lipinski definition) is 23. The third kappa shape index (κ3) is 84.3. The first-order valence-corrected chi connectivity index (χ1v) is 43.6. The van der Waals surface area contributed by atoms with E-state index in [0.29, 0.717) is 96.7 Å². The van der Waals surface area contributed by atoms with Crippen molar-refractivity contribution in [2.45, 2.75) is 289 Å². The zero-order valence-electron chi connectivity index (χ0n) is 66.1. The van der Waals surface area contributed by atoms with E-state index in [1.165, 1.54) is 32.1 Å². The topological polar surface area (TPSA) is 402 Å². The van der Waals surface area contributed by atoms with Crippen LogP contribution in [0, 0.1) is 29.6 Å². The van der Waals surface area contributed by atoms with Gasteiger partial charge in [-0.1, -0.05) is 92.9 Å². The second-order valence-electron chi connectivity index (χ2n) is 27.6. The maximum atomic E-state index is 11.7. The maximum absolute atomic E-state index is 11.7. The van der Waals surface area contributed by atoms with E-state index in [0.717, 1.165) is 76.7 Å². The lowest BCUT2D eigenvalue weighted by molar-refractivity contribution is -0.123. The van der Waals surface area contributed by atoms with Gasteiger partial charge in [0.15, 0.2) is 0 Å². The minimum absolute atomic E-state index is 0.00995. The maximum Gasteiger partial charge on any atom is 0.472 e. The zero-order valence-corrected chi connectivity index (χ0v) is 69.7. The first-order chi connectivity index (χ1) is 48.3. The molecule has 0 aliphatic carbocycles. The molecular weight excluding hydrogens is 1420 g/mol. The summed E-state index contributed by atoms with van der Waals surface area (Å²) in [4.78, 5) is 83.8. The first kappa shape index (κ1) is 108. The molecule has 0 spiro atoms. The molecule has 0 radical (unpaired) electrons. The number of aliphatic hydroxyl groups is 2. The monoisotopic (exact) mass is 1570 g/mol. The number of carbonyl (C=O) groups is 4. The van der Waals surface area contributed by atoms with Crippen LogP contribution < -0.4 is 10.6 Å². The van der Waals surface area contributed by atoms with Crippen LogP contribution in [0.15, 0.2) is 0 Å². The van der Waals surface area contributed by atoms with Gasteiger partial charge in [-0.25, -0.2) is 18.3 Å². The van der Waals surface area contributed by atoms with Crippen molar-refractivity contribution in [1.82, 2.24) is 10.6 Å². The van der Waals surface area contributed by atoms with Crippen LogP contribution in [-0.2, 0) is 97.3 Å². The Bertz CT molecular complexity index is 2170. The van der Waals surface area contributed by atoms with Crippen molar-refractivity contribution < 1.29 is 127 Å². The highest BCUT2D eigenvalue weighted by Crippen LogP contribution is 2.47. The molecule has 0 heterocycles. The molecule has 0 aromatic carbocycles. The molecule has 29 nitrogen and oxygen atoms in total. The largest absolute Gasteiger partial charge is 0.472 e. The summed E-state index contributed by atoms with van der Waals surface area (Å²) in [6.07, 6.45) is 18.1. The van der Waals surface area contributed by atoms with Crippen molar-refractivity contribution in [2.24, 2.45) is 29.6 Å². The van der Waals surface area contributed by atoms with Crippen LogP contribution in [0.2, 0.25) is 0 Å². The number of amides is 2. The lowest BCUT2D eigenvalue weighted by Gasteiger charge is -2.16. The number of hydrogen-bond donors (Lipinski definition) is 8. The van der Waals surface area contributed by atoms with Crippen LogP contribution in [0.3, 0.4) is 0 Å². The van der Waals surface area contributed by atoms with Gasteiger partial charge < -0.3 is 64.1 Å². The first-order valence-electron chi connectivity index (χ1n) is 37.7. The highest BCUT2D eigenvalue weighted by molar-refractivity contribution is 7.48. The van der Waals surface area contributed by atoms with Crippen molar-refractivity contribution in [2.75, 3.05) is 112 Å². The summed E-state index contributed by atoms with van der Waals surface area (Å²) >= 11 is 0. The number of ether oxygens (including phenoxy) is 5. The molecule has 2 amide bonds. The van der Waals surface area contributed by atoms with E-state index in [2.05, 4.69) is 24.5 Å². The predicted molar refractivity (Wildman–Crippen MR) is 400 cm³/mol. The molecule has 0 rings (SSSR count). The summed E-state index contributed by atoms with van der Waals surface area (Å²) < 4.78 is 111. The van der Waals surface area contributed by atoms with Crippen molar-refractivity contribution >= 4 is 54.7 Å². The lowest BCUT2D eigenvalue weighted by atomic mass is 10.0. The molecule has 618 valence electrons. The van der Waals surface area contributed by atoms with Crippen LogP contribution in [0.25, 0.3) is 0 Å². The number of ketones is 2. The molecule has 0 aromatic rings. The van der Waals surface area contributed by atoms with E-state index in [-0.39, 0.29) is 126 Å². The highest BCUT2D eigenvalue weighted by atomic mass is 31.2. The van der Waals surface area contributed by atoms with Gasteiger partial charge in [-0.15, -0.1) is 0 Å². The Labute approximate surface area is 620 Å². The number of phosphoric ester groups is 4. The van der Waals surface area contributed by atoms with Gasteiger partial charge in [-0.2, -0.15) is 0 Å². The minimum atomic E-state index is -4.03. The molecular formula is C70H146N2O27P4. The number of unbranched alkanes of at least 4 members (excludes halogenated alkanes) is 10. The Morgan fingerprint density at radius 1 is 0.320 bits per heavy atom. The van der Waals surface area contributed by atoms with Crippen LogP contribution in [0.4, 0.5) is 0 Å². The van der Waals surface area contributed by atoms with E-state index in [1.54, 1.807) is 55.4 Å². The fraction of sp³-hybridized carbons (Fsp3) is 0.943. The second-order valence-corrected chi connectivity index (χ2v) is 33.3. The fourth-order valence-corrected chi connectivity index (χ4v) is 12.3. The van der Waals surface area contributed by atoms with Gasteiger partial charge in [0.05, 0.1) is 96.6 Å². The normalized spacial score (nSPS) is 14.7. The Hall–Kier alpha value is -1.56. The van der Waals surface area contributed by atoms with Crippen molar-refractivity contribution in [3.8, 4) is 0 Å². The SMILES string of the molecule is CC(C)CCCCCCCNC(=O)CCCCC(=O)C(C)C.CC(C)OCCCOCC(CO)COCCCOP(=O)(O)OC(C)C.CC(C)OP(=O)(O)OCCCCCCCNC(=O)CCCCC(=O)C(C)C.CC(C)OP(=O)(O)OCCCOCC(CO)COCCCOP(=O)(O)OC(C)C. The Balaban J connectivity index is -0.000000637. The molecule has 5 unspecified atom stereocenters. The van der Waals surface area contributed by atoms with Crippen LogP contribution in [0.5, 0.6) is 0 Å². The van der Waals surface area contributed by atoms with Gasteiger partial charge in [-0.05, 0) is 146 Å². The number of Topliss-reactive ketones (excluding diaryl/α,β-unsaturated/α-hetero) is 2. The Morgan fingerprint density at radius 2 is 0.592 bits per heavy atom. The quantitative estimate of drug-likeness (QED) is 0.0207. The van der Waals surface area contributed by atoms with E-state index in [1.807, 2.05) is 41.5 Å². The second kappa shape index (κ2) is 69.6. The van der Waals surface area contributed by atoms with Crippen molar-refractivity contribution in [3.05, 3.63) is 0 Å². The molecule has 0 bridgehead atoms. The molecule has 0 saturated heterocycles. The smallest absolute Gasteiger partial charge is 0.396 e. The van der Waals surface area contributed by atoms with Gasteiger partial charge in [0.1, 0.15) is 11.6 Å². The van der Waals surface area contributed by atoms with Crippen LogP contribution >= 0.6 is 31.3 Å². The average molecular weight is 1570 g/mol. The molecule has 8 N–H and O–H groups in total. The summed E-state index contributed by atoms with van der Waals surface area (Å²) in [5.74, 6) is 1.42. The van der Waals surface area contributed by atoms with Gasteiger partial charge >= 0.3 is 31.3 Å².